The van der Waals surface area contributed by atoms with E-state index in [2.05, 4.69) is 18.9 Å². The summed E-state index contributed by atoms with van der Waals surface area (Å²) in [4.78, 5) is 81.8. The number of carbonyl (C=O) groups is 8. The van der Waals surface area contributed by atoms with Gasteiger partial charge in [0.25, 0.3) is 0 Å². The second-order valence-electron chi connectivity index (χ2n) is 8.16. The fraction of sp³-hybridized carbons (Fsp3) is 0.667. The Morgan fingerprint density at radius 2 is 0.521 bits per heavy atom. The van der Waals surface area contributed by atoms with Crippen LogP contribution in [0.5, 0.6) is 0 Å². The number of hydrogen-bond acceptors (Lipinski definition) is 20. The van der Waals surface area contributed by atoms with Crippen LogP contribution >= 0.6 is 0 Å². The van der Waals surface area contributed by atoms with Gasteiger partial charge in [0.05, 0.1) is 52.3 Å². The van der Waals surface area contributed by atoms with Gasteiger partial charge in [-0.3, -0.25) is 19.2 Å². The van der Waals surface area contributed by atoms with E-state index in [0.29, 0.717) is 0 Å². The van der Waals surface area contributed by atoms with Gasteiger partial charge in [0.2, 0.25) is 0 Å². The smallest absolute Gasteiger partial charge is 0.548 e. The van der Waals surface area contributed by atoms with Crippen LogP contribution in [0.2, 0.25) is 0 Å². The molecule has 0 bridgehead atoms. The van der Waals surface area contributed by atoms with Gasteiger partial charge in [0, 0.05) is 49.9 Å². The van der Waals surface area contributed by atoms with Crippen molar-refractivity contribution in [2.75, 3.05) is 28.4 Å². The summed E-state index contributed by atoms with van der Waals surface area (Å²) in [5, 5.41) is 40.0. The number of aliphatic carboxylic acids is 4. The molecule has 0 aliphatic rings. The molecule has 256 valence electrons. The zero-order valence-electron chi connectivity index (χ0n) is 28.8. The summed E-state index contributed by atoms with van der Waals surface area (Å²) < 4.78 is 17.1. The third-order valence-electron chi connectivity index (χ3n) is 4.76. The molecular weight excluding hydrogens is 692 g/mol. The van der Waals surface area contributed by atoms with Gasteiger partial charge in [-0.2, -0.15) is 0 Å². The fourth-order valence-electron chi connectivity index (χ4n) is 1.97. The maximum Gasteiger partial charge on any atom is 1.00 e. The summed E-state index contributed by atoms with van der Waals surface area (Å²) in [6.07, 6.45) is 0.225. The number of methoxy groups -OCH3 is 4. The molecule has 0 aliphatic carbocycles. The van der Waals surface area contributed by atoms with Crippen molar-refractivity contribution in [1.82, 2.24) is 0 Å². The van der Waals surface area contributed by atoms with Crippen molar-refractivity contribution in [3.05, 3.63) is 0 Å². The largest absolute Gasteiger partial charge is 1.00 e. The zero-order valence-corrected chi connectivity index (χ0v) is 36.8. The molecule has 4 atom stereocenters. The summed E-state index contributed by atoms with van der Waals surface area (Å²) in [6, 6.07) is -4.36. The van der Waals surface area contributed by atoms with E-state index >= 15 is 0 Å². The Hall–Kier alpha value is -0.400. The Morgan fingerprint density at radius 1 is 0.396 bits per heavy atom. The number of carbonyl (C=O) groups excluding carboxylic acids is 8. The van der Waals surface area contributed by atoms with E-state index < -0.39 is 71.9 Å². The Labute approximate surface area is 366 Å². The number of hydrogen-bond donors (Lipinski definition) is 4. The monoisotopic (exact) mass is 732 g/mol. The van der Waals surface area contributed by atoms with Gasteiger partial charge in [-0.05, 0) is 25.7 Å². The maximum absolute atomic E-state index is 10.4. The first-order valence-corrected chi connectivity index (χ1v) is 12.4. The van der Waals surface area contributed by atoms with E-state index in [9.17, 15) is 58.8 Å². The summed E-state index contributed by atoms with van der Waals surface area (Å²) in [5.74, 6) is -7.29. The van der Waals surface area contributed by atoms with Crippen molar-refractivity contribution in [3.63, 3.8) is 0 Å². The van der Waals surface area contributed by atoms with Gasteiger partial charge >= 0.3 is 142 Å². The molecule has 0 heterocycles. The first-order chi connectivity index (χ1) is 20.3. The predicted molar refractivity (Wildman–Crippen MR) is 137 cm³/mol. The van der Waals surface area contributed by atoms with Crippen LogP contribution in [0.3, 0.4) is 0 Å². The van der Waals surface area contributed by atoms with Crippen LogP contribution in [-0.2, 0) is 57.3 Å². The van der Waals surface area contributed by atoms with E-state index in [1.807, 2.05) is 0 Å². The number of ether oxygens (including phenoxy) is 4. The molecular formula is C24H40N4Na4O16. The fourth-order valence-corrected chi connectivity index (χ4v) is 1.97. The number of carboxylic acids is 4. The Bertz CT molecular complexity index is 791. The van der Waals surface area contributed by atoms with Crippen LogP contribution in [0.25, 0.3) is 0 Å². The molecule has 48 heavy (non-hydrogen) atoms. The predicted octanol–water partition coefficient (Wildman–Crippen LogP) is -19.9. The summed E-state index contributed by atoms with van der Waals surface area (Å²) in [5.41, 5.74) is 20.2. The average molecular weight is 733 g/mol. The van der Waals surface area contributed by atoms with E-state index in [0.717, 1.165) is 0 Å². The Morgan fingerprint density at radius 3 is 0.604 bits per heavy atom. The van der Waals surface area contributed by atoms with Crippen LogP contribution < -0.4 is 162 Å². The van der Waals surface area contributed by atoms with Gasteiger partial charge in [-0.1, -0.05) is 0 Å². The molecule has 0 radical (unpaired) electrons. The Kier molecular flexibility index (Phi) is 58.7. The molecule has 0 rings (SSSR count). The van der Waals surface area contributed by atoms with E-state index in [1.54, 1.807) is 0 Å². The van der Waals surface area contributed by atoms with Gasteiger partial charge in [-0.25, -0.2) is 0 Å². The average Bonchev–Trinajstić information content (AvgIpc) is 2.99. The zero-order chi connectivity index (χ0) is 35.4. The topological polar surface area (TPSA) is 370 Å². The molecule has 24 heteroatoms. The van der Waals surface area contributed by atoms with Gasteiger partial charge in [0.15, 0.2) is 0 Å². The molecule has 0 aromatic rings. The van der Waals surface area contributed by atoms with Crippen molar-refractivity contribution in [2.24, 2.45) is 22.9 Å². The number of rotatable bonds is 16. The molecule has 0 amide bonds. The molecule has 0 saturated carbocycles. The summed E-state index contributed by atoms with van der Waals surface area (Å²) >= 11 is 0. The molecule has 0 spiro atoms. The van der Waals surface area contributed by atoms with Crippen LogP contribution in [0.15, 0.2) is 0 Å². The standard InChI is InChI=1S/4C6H11NO4.4Na/c4*1-11-5(8)3-2-4(7)6(9)10;;;;/h4*4H,2-3,7H2,1H3,(H,9,10);;;;/q;;;;4*+1/p-4/t4*4-;;;;/m0000..../s1. The number of esters is 4. The van der Waals surface area contributed by atoms with Crippen LogP contribution in [-0.4, -0.2) is 100 Å². The van der Waals surface area contributed by atoms with Crippen molar-refractivity contribution >= 4 is 47.8 Å². The molecule has 20 nitrogen and oxygen atoms in total. The minimum atomic E-state index is -1.35. The van der Waals surface area contributed by atoms with Crippen molar-refractivity contribution < 1.29 is 196 Å². The summed E-state index contributed by atoms with van der Waals surface area (Å²) in [6.45, 7) is 0. The first-order valence-electron chi connectivity index (χ1n) is 12.4. The SMILES string of the molecule is COC(=O)CC[C@H](N)C(=O)[O-].COC(=O)CC[C@H](N)C(=O)[O-].COC(=O)CC[C@H](N)C(=O)[O-].COC(=O)CC[C@H](N)C(=O)[O-].[Na+].[Na+].[Na+].[Na+]. The van der Waals surface area contributed by atoms with Gasteiger partial charge in [-0.15, -0.1) is 0 Å². The maximum atomic E-state index is 10.4. The van der Waals surface area contributed by atoms with E-state index in [1.165, 1.54) is 28.4 Å². The van der Waals surface area contributed by atoms with Crippen molar-refractivity contribution in [2.45, 2.75) is 75.5 Å². The minimum absolute atomic E-state index is 0. The van der Waals surface area contributed by atoms with Crippen molar-refractivity contribution in [3.8, 4) is 0 Å². The molecule has 0 unspecified atom stereocenters. The summed E-state index contributed by atoms with van der Waals surface area (Å²) in [7, 11) is 4.92. The first kappa shape index (κ1) is 65.9. The Balaban J connectivity index is -0.0000000721. The second-order valence-corrected chi connectivity index (χ2v) is 8.16. The molecule has 8 N–H and O–H groups in total. The quantitative estimate of drug-likeness (QED) is 0.0650. The third kappa shape index (κ3) is 47.7. The van der Waals surface area contributed by atoms with E-state index in [4.69, 9.17) is 22.9 Å². The van der Waals surface area contributed by atoms with Crippen LogP contribution in [0.1, 0.15) is 51.4 Å². The molecule has 0 fully saturated rings. The number of carboxylic acid groups (broad SMARTS) is 4. The third-order valence-corrected chi connectivity index (χ3v) is 4.76. The van der Waals surface area contributed by atoms with Crippen LogP contribution in [0.4, 0.5) is 0 Å². The normalized spacial score (nSPS) is 11.2. The number of nitrogens with two attached hydrogens (primary N) is 4. The molecule has 0 aromatic heterocycles. The molecule has 0 aliphatic heterocycles. The van der Waals surface area contributed by atoms with Crippen LogP contribution in [0, 0.1) is 0 Å². The van der Waals surface area contributed by atoms with Crippen molar-refractivity contribution in [1.29, 1.82) is 0 Å². The van der Waals surface area contributed by atoms with Gasteiger partial charge in [0.1, 0.15) is 0 Å². The van der Waals surface area contributed by atoms with Gasteiger partial charge < -0.3 is 81.5 Å². The molecule has 0 aromatic carbocycles. The molecule has 0 saturated heterocycles. The minimum Gasteiger partial charge on any atom is -0.548 e. The van der Waals surface area contributed by atoms with E-state index in [-0.39, 0.29) is 170 Å². The second kappa shape index (κ2) is 42.8.